The number of nitrogens with zero attached hydrogens (tertiary/aromatic N) is 2. The molecule has 8 atom stereocenters. The summed E-state index contributed by atoms with van der Waals surface area (Å²) in [4.78, 5) is 10.8. The van der Waals surface area contributed by atoms with Gasteiger partial charge in [0.1, 0.15) is 31.2 Å². The van der Waals surface area contributed by atoms with E-state index in [4.69, 9.17) is 32.5 Å². The molecule has 0 aromatic carbocycles. The van der Waals surface area contributed by atoms with E-state index >= 15 is 4.39 Å². The number of rotatable bonds is 12. The molecular formula is C35H65FN2O6Si4. The van der Waals surface area contributed by atoms with E-state index < -0.39 is 61.5 Å². The van der Waals surface area contributed by atoms with Crippen molar-refractivity contribution in [1.29, 1.82) is 0 Å². The van der Waals surface area contributed by atoms with E-state index in [1.807, 2.05) is 18.2 Å². The molecule has 3 fully saturated rings. The molecule has 0 spiro atoms. The zero-order chi connectivity index (χ0) is 36.4. The second-order valence-electron chi connectivity index (χ2n) is 18.8. The van der Waals surface area contributed by atoms with Crippen molar-refractivity contribution in [2.24, 2.45) is 33.0 Å². The first-order valence-electron chi connectivity index (χ1n) is 17.8. The van der Waals surface area contributed by atoms with E-state index in [1.54, 1.807) is 14.2 Å². The number of hydrogen-bond acceptors (Lipinski definition) is 8. The van der Waals surface area contributed by atoms with E-state index in [-0.39, 0.29) is 24.5 Å². The Kier molecular flexibility index (Phi) is 11.0. The standard InChI is InChI=1S/C35H65FN2O6Si4/c1-32-20-19-26(37-39-3)21-25(32)17-18-27-28-22-30(42-46(8,9)10)35(44-48(14,15)16,29(38-40-4)24-41-45(5,6)7)33(28,2)23-31(34(27,32)36)43-47(11,12)13/h19-21,27-28,30-31H,17-18,22-24H2,1-16H3/b37-26+,38-29-/t27?,28?,30-,31?,32?,33?,34+,35-/m1/s1. The van der Waals surface area contributed by atoms with Crippen LogP contribution in [-0.2, 0) is 27.4 Å². The molecule has 0 radical (unpaired) electrons. The summed E-state index contributed by atoms with van der Waals surface area (Å²) in [5.41, 5.74) is -1.61. The molecule has 0 bridgehead atoms. The van der Waals surface area contributed by atoms with E-state index in [0.717, 1.165) is 17.7 Å². The number of alkyl halides is 1. The maximum atomic E-state index is 19.2. The Morgan fingerprint density at radius 3 is 1.96 bits per heavy atom. The minimum absolute atomic E-state index is 0.0589. The van der Waals surface area contributed by atoms with E-state index in [9.17, 15) is 0 Å². The van der Waals surface area contributed by atoms with Crippen LogP contribution in [0.4, 0.5) is 4.39 Å². The fraction of sp³-hybridized carbons (Fsp3) is 0.829. The van der Waals surface area contributed by atoms with E-state index in [0.29, 0.717) is 25.0 Å². The van der Waals surface area contributed by atoms with Crippen LogP contribution in [-0.4, -0.2) is 89.0 Å². The molecule has 4 rings (SSSR count). The van der Waals surface area contributed by atoms with Crippen LogP contribution in [0.1, 0.15) is 39.5 Å². The van der Waals surface area contributed by atoms with Crippen LogP contribution in [0.2, 0.25) is 78.6 Å². The smallest absolute Gasteiger partial charge is 0.185 e. The summed E-state index contributed by atoms with van der Waals surface area (Å²) in [5.74, 6) is -0.358. The third-order valence-electron chi connectivity index (χ3n) is 10.7. The average Bonchev–Trinajstić information content (AvgIpc) is 3.11. The molecule has 4 aliphatic carbocycles. The van der Waals surface area contributed by atoms with Gasteiger partial charge in [0.05, 0.1) is 18.8 Å². The molecular weight excluding hydrogens is 676 g/mol. The molecule has 13 heteroatoms. The molecule has 0 aliphatic heterocycles. The molecule has 0 aromatic rings. The summed E-state index contributed by atoms with van der Waals surface area (Å²) in [6.07, 6.45) is 7.57. The van der Waals surface area contributed by atoms with Gasteiger partial charge in [-0.05, 0) is 129 Å². The highest BCUT2D eigenvalue weighted by Gasteiger charge is 2.78. The van der Waals surface area contributed by atoms with Gasteiger partial charge in [-0.1, -0.05) is 28.9 Å². The molecule has 5 unspecified atom stereocenters. The lowest BCUT2D eigenvalue weighted by atomic mass is 9.44. The summed E-state index contributed by atoms with van der Waals surface area (Å²) in [5, 5.41) is 8.97. The van der Waals surface area contributed by atoms with E-state index in [1.165, 1.54) is 0 Å². The zero-order valence-electron chi connectivity index (χ0n) is 32.8. The van der Waals surface area contributed by atoms with Crippen molar-refractivity contribution in [1.82, 2.24) is 0 Å². The lowest BCUT2D eigenvalue weighted by Crippen LogP contribution is -2.72. The van der Waals surface area contributed by atoms with Crippen molar-refractivity contribution in [2.45, 2.75) is 142 Å². The summed E-state index contributed by atoms with van der Waals surface area (Å²) < 4.78 is 47.7. The normalized spacial score (nSPS) is 38.3. The minimum Gasteiger partial charge on any atom is -0.412 e. The summed E-state index contributed by atoms with van der Waals surface area (Å²) in [7, 11) is -5.54. The second kappa shape index (κ2) is 13.2. The number of halogens is 1. The average molecular weight is 741 g/mol. The predicted molar refractivity (Wildman–Crippen MR) is 205 cm³/mol. The van der Waals surface area contributed by atoms with Gasteiger partial charge in [-0.3, -0.25) is 0 Å². The molecule has 0 saturated heterocycles. The SMILES string of the molecule is CO/N=C(/CO[Si](C)(C)C)[C@@]1(O[Si](C)(C)C)[C@H](O[Si](C)(C)C)CC2C3CCC4=C/C(=N/OC)C=CC4(C)[C@@]3(F)C(O[Si](C)(C)C)CC21C. The second-order valence-corrected chi connectivity index (χ2v) is 36.7. The van der Waals surface area contributed by atoms with Gasteiger partial charge in [-0.25, -0.2) is 4.39 Å². The zero-order valence-corrected chi connectivity index (χ0v) is 36.8. The molecule has 0 heterocycles. The van der Waals surface area contributed by atoms with E-state index in [2.05, 4.69) is 97.6 Å². The Labute approximate surface area is 294 Å². The number of allylic oxidation sites excluding steroid dienone is 4. The van der Waals surface area contributed by atoms with Gasteiger partial charge in [0.2, 0.25) is 0 Å². The third-order valence-corrected chi connectivity index (χ3v) is 14.6. The van der Waals surface area contributed by atoms with Gasteiger partial charge >= 0.3 is 0 Å². The van der Waals surface area contributed by atoms with Gasteiger partial charge in [-0.15, -0.1) is 0 Å². The van der Waals surface area contributed by atoms with Crippen LogP contribution < -0.4 is 0 Å². The van der Waals surface area contributed by atoms with Crippen molar-refractivity contribution in [3.05, 3.63) is 23.8 Å². The van der Waals surface area contributed by atoms with Crippen molar-refractivity contribution in [3.8, 4) is 0 Å². The summed E-state index contributed by atoms with van der Waals surface area (Å²) in [6, 6.07) is 0. The van der Waals surface area contributed by atoms with Gasteiger partial charge < -0.3 is 27.4 Å². The molecule has 3 saturated carbocycles. The lowest BCUT2D eigenvalue weighted by molar-refractivity contribution is -0.202. The topological polar surface area (TPSA) is 80.1 Å². The van der Waals surface area contributed by atoms with Gasteiger partial charge in [0, 0.05) is 16.7 Å². The molecule has 0 aromatic heterocycles. The number of hydrogen-bond donors (Lipinski definition) is 0. The Hall–Kier alpha value is -0.942. The van der Waals surface area contributed by atoms with Crippen LogP contribution in [0.5, 0.6) is 0 Å². The Morgan fingerprint density at radius 2 is 1.44 bits per heavy atom. The first kappa shape index (κ1) is 39.8. The van der Waals surface area contributed by atoms with Crippen molar-refractivity contribution >= 4 is 44.7 Å². The minimum atomic E-state index is -2.31. The van der Waals surface area contributed by atoms with Crippen LogP contribution >= 0.6 is 0 Å². The maximum Gasteiger partial charge on any atom is 0.185 e. The van der Waals surface area contributed by atoms with Crippen molar-refractivity contribution < 1.29 is 31.8 Å². The van der Waals surface area contributed by atoms with Gasteiger partial charge in [-0.2, -0.15) is 0 Å². The van der Waals surface area contributed by atoms with Crippen molar-refractivity contribution in [2.75, 3.05) is 20.8 Å². The first-order valence-corrected chi connectivity index (χ1v) is 31.4. The Bertz CT molecular complexity index is 1330. The summed E-state index contributed by atoms with van der Waals surface area (Å²) >= 11 is 0. The molecule has 274 valence electrons. The maximum absolute atomic E-state index is 19.2. The summed E-state index contributed by atoms with van der Waals surface area (Å²) in [6.45, 7) is 31.1. The van der Waals surface area contributed by atoms with Gasteiger partial charge in [0.25, 0.3) is 0 Å². The third kappa shape index (κ3) is 7.35. The quantitative estimate of drug-likeness (QED) is 0.113. The van der Waals surface area contributed by atoms with Crippen LogP contribution in [0, 0.1) is 22.7 Å². The fourth-order valence-electron chi connectivity index (χ4n) is 9.27. The first-order chi connectivity index (χ1) is 21.8. The Morgan fingerprint density at radius 1 is 0.833 bits per heavy atom. The molecule has 48 heavy (non-hydrogen) atoms. The highest BCUT2D eigenvalue weighted by Crippen LogP contribution is 2.72. The largest absolute Gasteiger partial charge is 0.412 e. The van der Waals surface area contributed by atoms with Crippen LogP contribution in [0.25, 0.3) is 0 Å². The van der Waals surface area contributed by atoms with Crippen LogP contribution in [0.3, 0.4) is 0 Å². The molecule has 4 aliphatic rings. The lowest BCUT2D eigenvalue weighted by Gasteiger charge is -2.65. The molecule has 8 nitrogen and oxygen atoms in total. The number of fused-ring (bicyclic) bond motifs is 5. The fourth-order valence-corrected chi connectivity index (χ4v) is 13.5. The van der Waals surface area contributed by atoms with Crippen LogP contribution in [0.15, 0.2) is 34.1 Å². The predicted octanol–water partition coefficient (Wildman–Crippen LogP) is 8.92. The monoisotopic (exact) mass is 740 g/mol. The van der Waals surface area contributed by atoms with Gasteiger partial charge in [0.15, 0.2) is 38.9 Å². The molecule has 0 N–H and O–H groups in total. The highest BCUT2D eigenvalue weighted by molar-refractivity contribution is 6.71. The number of oxime groups is 2. The Balaban J connectivity index is 2.03. The molecule has 0 amide bonds. The highest BCUT2D eigenvalue weighted by atomic mass is 28.4. The van der Waals surface area contributed by atoms with Crippen molar-refractivity contribution in [3.63, 3.8) is 0 Å².